The highest BCUT2D eigenvalue weighted by molar-refractivity contribution is 5.93. The molecule has 0 heterocycles. The molecule has 0 saturated heterocycles. The van der Waals surface area contributed by atoms with Crippen molar-refractivity contribution in [3.8, 4) is 0 Å². The van der Waals surface area contributed by atoms with Crippen LogP contribution in [0.4, 0.5) is 18.9 Å². The molecule has 0 bridgehead atoms. The molecule has 1 rings (SSSR count). The number of aromatic carboxylic acids is 1. The Bertz CT molecular complexity index is 483. The molecular weight excluding hydrogens is 251 g/mol. The number of amides is 1. The molecule has 0 aliphatic rings. The molecule has 98 valence electrons. The average molecular weight is 261 g/mol. The van der Waals surface area contributed by atoms with Crippen LogP contribution in [0, 0.1) is 6.92 Å². The van der Waals surface area contributed by atoms with Gasteiger partial charge in [-0.3, -0.25) is 4.79 Å². The Morgan fingerprint density at radius 2 is 1.94 bits per heavy atom. The Morgan fingerprint density at radius 3 is 2.39 bits per heavy atom. The second-order valence-corrected chi connectivity index (χ2v) is 3.67. The lowest BCUT2D eigenvalue weighted by atomic mass is 10.1. The maximum atomic E-state index is 11.9. The van der Waals surface area contributed by atoms with Crippen molar-refractivity contribution >= 4 is 17.6 Å². The van der Waals surface area contributed by atoms with Gasteiger partial charge in [-0.05, 0) is 30.7 Å². The monoisotopic (exact) mass is 261 g/mol. The van der Waals surface area contributed by atoms with Crippen LogP contribution in [-0.4, -0.2) is 23.2 Å². The van der Waals surface area contributed by atoms with Gasteiger partial charge in [-0.15, -0.1) is 0 Å². The number of aryl methyl sites for hydroxylation is 1. The molecule has 0 spiro atoms. The number of carbonyl (C=O) groups excluding carboxylic acids is 1. The van der Waals surface area contributed by atoms with Crippen molar-refractivity contribution in [2.75, 3.05) is 5.32 Å². The molecule has 0 radical (unpaired) electrons. The van der Waals surface area contributed by atoms with Gasteiger partial charge in [0, 0.05) is 5.69 Å². The van der Waals surface area contributed by atoms with E-state index in [1.54, 1.807) is 0 Å². The van der Waals surface area contributed by atoms with E-state index in [0.717, 1.165) is 0 Å². The van der Waals surface area contributed by atoms with Crippen LogP contribution in [0.3, 0.4) is 0 Å². The summed E-state index contributed by atoms with van der Waals surface area (Å²) in [4.78, 5) is 21.7. The van der Waals surface area contributed by atoms with E-state index in [0.29, 0.717) is 5.56 Å². The van der Waals surface area contributed by atoms with E-state index in [1.165, 1.54) is 25.1 Å². The van der Waals surface area contributed by atoms with Crippen LogP contribution >= 0.6 is 0 Å². The van der Waals surface area contributed by atoms with Gasteiger partial charge in [-0.25, -0.2) is 4.79 Å². The first kappa shape index (κ1) is 14.0. The molecule has 0 aromatic heterocycles. The van der Waals surface area contributed by atoms with Crippen molar-refractivity contribution in [2.45, 2.75) is 19.5 Å². The highest BCUT2D eigenvalue weighted by atomic mass is 19.4. The number of carboxylic acids is 1. The molecular formula is C11H10F3NO3. The molecule has 18 heavy (non-hydrogen) atoms. The van der Waals surface area contributed by atoms with Gasteiger partial charge in [0.1, 0.15) is 6.42 Å². The third-order valence-electron chi connectivity index (χ3n) is 2.10. The number of anilines is 1. The molecule has 0 fully saturated rings. The number of nitrogens with one attached hydrogen (secondary N) is 1. The highest BCUT2D eigenvalue weighted by Gasteiger charge is 2.31. The minimum absolute atomic E-state index is 0.0313. The van der Waals surface area contributed by atoms with Crippen LogP contribution < -0.4 is 5.32 Å². The third kappa shape index (κ3) is 4.08. The van der Waals surface area contributed by atoms with E-state index in [-0.39, 0.29) is 11.3 Å². The Kier molecular flexibility index (Phi) is 3.95. The molecule has 0 aliphatic carbocycles. The Morgan fingerprint density at radius 1 is 1.33 bits per heavy atom. The van der Waals surface area contributed by atoms with Gasteiger partial charge >= 0.3 is 12.1 Å². The van der Waals surface area contributed by atoms with Gasteiger partial charge in [0.15, 0.2) is 0 Å². The Balaban J connectivity index is 2.78. The van der Waals surface area contributed by atoms with Gasteiger partial charge in [0.25, 0.3) is 0 Å². The largest absolute Gasteiger partial charge is 0.478 e. The second kappa shape index (κ2) is 5.07. The number of alkyl halides is 3. The minimum Gasteiger partial charge on any atom is -0.478 e. The van der Waals surface area contributed by atoms with E-state index < -0.39 is 24.5 Å². The summed E-state index contributed by atoms with van der Waals surface area (Å²) in [7, 11) is 0. The van der Waals surface area contributed by atoms with E-state index in [4.69, 9.17) is 5.11 Å². The molecule has 1 amide bonds. The highest BCUT2D eigenvalue weighted by Crippen LogP contribution is 2.21. The number of rotatable bonds is 3. The summed E-state index contributed by atoms with van der Waals surface area (Å²) in [5, 5.41) is 10.8. The predicted octanol–water partition coefficient (Wildman–Crippen LogP) is 2.58. The summed E-state index contributed by atoms with van der Waals surface area (Å²) in [6.07, 6.45) is -6.15. The van der Waals surface area contributed by atoms with Crippen LogP contribution in [0.1, 0.15) is 22.3 Å². The summed E-state index contributed by atoms with van der Waals surface area (Å²) >= 11 is 0. The number of benzene rings is 1. The Hall–Kier alpha value is -2.05. The van der Waals surface area contributed by atoms with Crippen LogP contribution in [0.15, 0.2) is 18.2 Å². The molecule has 2 N–H and O–H groups in total. The van der Waals surface area contributed by atoms with Crippen LogP contribution in [0.2, 0.25) is 0 Å². The SMILES string of the molecule is Cc1cc(NC(=O)CC(F)(F)F)ccc1C(=O)O. The number of hydrogen-bond donors (Lipinski definition) is 2. The summed E-state index contributed by atoms with van der Waals surface area (Å²) in [6.45, 7) is 1.49. The molecule has 4 nitrogen and oxygen atoms in total. The third-order valence-corrected chi connectivity index (χ3v) is 2.10. The normalized spacial score (nSPS) is 11.1. The number of halogens is 3. The van der Waals surface area contributed by atoms with Crippen molar-refractivity contribution < 1.29 is 27.9 Å². The van der Waals surface area contributed by atoms with Crippen molar-refractivity contribution in [1.82, 2.24) is 0 Å². The van der Waals surface area contributed by atoms with Crippen molar-refractivity contribution in [2.24, 2.45) is 0 Å². The van der Waals surface area contributed by atoms with Gasteiger partial charge in [-0.2, -0.15) is 13.2 Å². The first-order valence-corrected chi connectivity index (χ1v) is 4.89. The van der Waals surface area contributed by atoms with Gasteiger partial charge < -0.3 is 10.4 Å². The lowest BCUT2D eigenvalue weighted by molar-refractivity contribution is -0.150. The van der Waals surface area contributed by atoms with E-state index in [9.17, 15) is 22.8 Å². The summed E-state index contributed by atoms with van der Waals surface area (Å²) in [6, 6.07) is 3.77. The number of carboxylic acid groups (broad SMARTS) is 1. The minimum atomic E-state index is -4.57. The fraction of sp³-hybridized carbons (Fsp3) is 0.273. The van der Waals surface area contributed by atoms with Crippen LogP contribution in [0.25, 0.3) is 0 Å². The fourth-order valence-corrected chi connectivity index (χ4v) is 1.37. The smallest absolute Gasteiger partial charge is 0.397 e. The van der Waals surface area contributed by atoms with Crippen LogP contribution in [0.5, 0.6) is 0 Å². The molecule has 0 unspecified atom stereocenters. The zero-order chi connectivity index (χ0) is 13.9. The molecule has 7 heteroatoms. The molecule has 0 atom stereocenters. The summed E-state index contributed by atoms with van der Waals surface area (Å²) in [5.74, 6) is -2.33. The second-order valence-electron chi connectivity index (χ2n) is 3.67. The fourth-order valence-electron chi connectivity index (χ4n) is 1.37. The zero-order valence-electron chi connectivity index (χ0n) is 9.34. The summed E-state index contributed by atoms with van der Waals surface area (Å²) in [5.41, 5.74) is 0.517. The maximum absolute atomic E-state index is 11.9. The molecule has 0 saturated carbocycles. The zero-order valence-corrected chi connectivity index (χ0v) is 9.34. The van der Waals surface area contributed by atoms with E-state index >= 15 is 0 Å². The number of carbonyl (C=O) groups is 2. The predicted molar refractivity (Wildman–Crippen MR) is 57.4 cm³/mol. The quantitative estimate of drug-likeness (QED) is 0.878. The standard InChI is InChI=1S/C11H10F3NO3/c1-6-4-7(2-3-8(6)10(17)18)15-9(16)5-11(12,13)14/h2-4H,5H2,1H3,(H,15,16)(H,17,18). The van der Waals surface area contributed by atoms with Gasteiger partial charge in [0.2, 0.25) is 5.91 Å². The van der Waals surface area contributed by atoms with Crippen molar-refractivity contribution in [3.63, 3.8) is 0 Å². The first-order chi connectivity index (χ1) is 8.19. The molecule has 1 aromatic rings. The molecule has 1 aromatic carbocycles. The van der Waals surface area contributed by atoms with Crippen molar-refractivity contribution in [1.29, 1.82) is 0 Å². The maximum Gasteiger partial charge on any atom is 0.397 e. The average Bonchev–Trinajstić information content (AvgIpc) is 2.13. The summed E-state index contributed by atoms with van der Waals surface area (Å²) < 4.78 is 35.8. The lowest BCUT2D eigenvalue weighted by Crippen LogP contribution is -2.21. The first-order valence-electron chi connectivity index (χ1n) is 4.89. The van der Waals surface area contributed by atoms with Gasteiger partial charge in [-0.1, -0.05) is 0 Å². The topological polar surface area (TPSA) is 66.4 Å². The van der Waals surface area contributed by atoms with Crippen molar-refractivity contribution in [3.05, 3.63) is 29.3 Å². The van der Waals surface area contributed by atoms with Crippen LogP contribution in [-0.2, 0) is 4.79 Å². The number of hydrogen-bond acceptors (Lipinski definition) is 2. The molecule has 0 aliphatic heterocycles. The Labute approximate surface area is 100 Å². The lowest BCUT2D eigenvalue weighted by Gasteiger charge is -2.09. The van der Waals surface area contributed by atoms with Gasteiger partial charge in [0.05, 0.1) is 5.56 Å². The van der Waals surface area contributed by atoms with E-state index in [1.807, 2.05) is 0 Å². The van der Waals surface area contributed by atoms with E-state index in [2.05, 4.69) is 5.32 Å².